The SMILES string of the molecule is C=CC[C@@]1(C(=O)NCc2ccc(OC)cc2)N=C(c2ccc(OCCCO)cc2)O[C@@H]1c1ccc(Cl)cc1Cl. The monoisotopic (exact) mass is 568 g/mol. The van der Waals surface area contributed by atoms with Gasteiger partial charge in [-0.2, -0.15) is 0 Å². The summed E-state index contributed by atoms with van der Waals surface area (Å²) in [7, 11) is 1.60. The maximum absolute atomic E-state index is 13.9. The highest BCUT2D eigenvalue weighted by Crippen LogP contribution is 2.45. The van der Waals surface area contributed by atoms with Crippen molar-refractivity contribution in [1.82, 2.24) is 5.32 Å². The van der Waals surface area contributed by atoms with E-state index in [-0.39, 0.29) is 25.5 Å². The Morgan fingerprint density at radius 3 is 2.49 bits per heavy atom. The van der Waals surface area contributed by atoms with E-state index in [1.54, 1.807) is 43.5 Å². The first-order valence-corrected chi connectivity index (χ1v) is 13.2. The second-order valence-corrected chi connectivity index (χ2v) is 9.82. The molecule has 0 saturated carbocycles. The molecule has 204 valence electrons. The van der Waals surface area contributed by atoms with Gasteiger partial charge in [-0.15, -0.1) is 6.58 Å². The summed E-state index contributed by atoms with van der Waals surface area (Å²) in [5.41, 5.74) is 0.801. The summed E-state index contributed by atoms with van der Waals surface area (Å²) in [5.74, 6) is 1.36. The Morgan fingerprint density at radius 2 is 1.85 bits per heavy atom. The Morgan fingerprint density at radius 1 is 1.13 bits per heavy atom. The van der Waals surface area contributed by atoms with Crippen molar-refractivity contribution in [1.29, 1.82) is 0 Å². The molecule has 2 N–H and O–H groups in total. The van der Waals surface area contributed by atoms with E-state index in [1.807, 2.05) is 36.4 Å². The van der Waals surface area contributed by atoms with Crippen LogP contribution in [-0.2, 0) is 16.1 Å². The molecule has 0 unspecified atom stereocenters. The summed E-state index contributed by atoms with van der Waals surface area (Å²) >= 11 is 12.8. The van der Waals surface area contributed by atoms with Crippen LogP contribution in [0.1, 0.15) is 35.6 Å². The predicted molar refractivity (Wildman–Crippen MR) is 153 cm³/mol. The van der Waals surface area contributed by atoms with Crippen LogP contribution >= 0.6 is 23.2 Å². The number of nitrogens with one attached hydrogen (secondary N) is 1. The molecule has 7 nitrogen and oxygen atoms in total. The van der Waals surface area contributed by atoms with Crippen LogP contribution in [0.4, 0.5) is 0 Å². The fourth-order valence-corrected chi connectivity index (χ4v) is 4.81. The molecule has 0 fully saturated rings. The molecule has 4 rings (SSSR count). The molecule has 0 bridgehead atoms. The number of halogens is 2. The number of aliphatic hydroxyl groups excluding tert-OH is 1. The summed E-state index contributed by atoms with van der Waals surface area (Å²) in [6.07, 6.45) is 1.57. The third-order valence-corrected chi connectivity index (χ3v) is 6.90. The van der Waals surface area contributed by atoms with Crippen LogP contribution in [-0.4, -0.2) is 42.8 Å². The van der Waals surface area contributed by atoms with E-state index >= 15 is 0 Å². The van der Waals surface area contributed by atoms with E-state index in [4.69, 9.17) is 47.5 Å². The molecule has 0 radical (unpaired) electrons. The van der Waals surface area contributed by atoms with Crippen molar-refractivity contribution in [2.45, 2.75) is 31.0 Å². The van der Waals surface area contributed by atoms with Gasteiger partial charge < -0.3 is 24.6 Å². The largest absolute Gasteiger partial charge is 0.497 e. The van der Waals surface area contributed by atoms with Crippen LogP contribution in [0.5, 0.6) is 11.5 Å². The number of rotatable bonds is 12. The van der Waals surface area contributed by atoms with Gasteiger partial charge in [0.15, 0.2) is 11.6 Å². The van der Waals surface area contributed by atoms with Gasteiger partial charge in [0.2, 0.25) is 5.90 Å². The Labute approximate surface area is 238 Å². The first-order chi connectivity index (χ1) is 18.9. The third-order valence-electron chi connectivity index (χ3n) is 6.34. The lowest BCUT2D eigenvalue weighted by atomic mass is 9.84. The highest BCUT2D eigenvalue weighted by molar-refractivity contribution is 6.35. The summed E-state index contributed by atoms with van der Waals surface area (Å²) in [6, 6.07) is 19.7. The van der Waals surface area contributed by atoms with E-state index in [1.165, 1.54) is 0 Å². The molecule has 0 aromatic heterocycles. The zero-order valence-corrected chi connectivity index (χ0v) is 23.0. The smallest absolute Gasteiger partial charge is 0.252 e. The number of aliphatic imine (C=N–C) groups is 1. The minimum absolute atomic E-state index is 0.0588. The Bertz CT molecular complexity index is 1330. The number of methoxy groups -OCH3 is 1. The first kappa shape index (κ1) is 28.5. The molecule has 3 aromatic carbocycles. The second-order valence-electron chi connectivity index (χ2n) is 8.98. The standard InChI is InChI=1S/C30H30Cl2N2O5/c1-3-15-30(29(36)33-19-20-5-10-23(37-2)11-6-20)27(25-14-9-22(31)18-26(25)32)39-28(34-30)21-7-12-24(13-8-21)38-17-4-16-35/h3,5-14,18,27,35H,1,4,15-17,19H2,2H3,(H,33,36)/t27-,30-/m1/s1. The summed E-state index contributed by atoms with van der Waals surface area (Å²) in [4.78, 5) is 18.8. The van der Waals surface area contributed by atoms with Gasteiger partial charge in [-0.3, -0.25) is 4.79 Å². The minimum atomic E-state index is -1.36. The minimum Gasteiger partial charge on any atom is -0.497 e. The highest BCUT2D eigenvalue weighted by atomic mass is 35.5. The van der Waals surface area contributed by atoms with E-state index in [2.05, 4.69) is 11.9 Å². The number of carbonyl (C=O) groups excluding carboxylic acids is 1. The van der Waals surface area contributed by atoms with Crippen LogP contribution < -0.4 is 14.8 Å². The lowest BCUT2D eigenvalue weighted by molar-refractivity contribution is -0.129. The average Bonchev–Trinajstić information content (AvgIpc) is 3.33. The molecule has 1 heterocycles. The molecule has 39 heavy (non-hydrogen) atoms. The predicted octanol–water partition coefficient (Wildman–Crippen LogP) is 5.91. The normalized spacial score (nSPS) is 18.2. The van der Waals surface area contributed by atoms with Gasteiger partial charge >= 0.3 is 0 Å². The summed E-state index contributed by atoms with van der Waals surface area (Å²) < 4.78 is 17.2. The van der Waals surface area contributed by atoms with Gasteiger partial charge in [0, 0.05) is 47.2 Å². The zero-order valence-electron chi connectivity index (χ0n) is 21.5. The maximum atomic E-state index is 13.9. The number of hydrogen-bond acceptors (Lipinski definition) is 6. The molecular weight excluding hydrogens is 539 g/mol. The van der Waals surface area contributed by atoms with Crippen molar-refractivity contribution in [2.75, 3.05) is 20.3 Å². The number of hydrogen-bond donors (Lipinski definition) is 2. The Hall–Kier alpha value is -3.52. The molecule has 9 heteroatoms. The van der Waals surface area contributed by atoms with E-state index < -0.39 is 11.6 Å². The molecule has 0 spiro atoms. The van der Waals surface area contributed by atoms with Crippen LogP contribution in [0, 0.1) is 0 Å². The summed E-state index contributed by atoms with van der Waals surface area (Å²) in [5, 5.41) is 12.8. The lowest BCUT2D eigenvalue weighted by Gasteiger charge is -2.30. The molecule has 1 aliphatic rings. The third kappa shape index (κ3) is 6.56. The van der Waals surface area contributed by atoms with Crippen LogP contribution in [0.3, 0.4) is 0 Å². The lowest BCUT2D eigenvalue weighted by Crippen LogP contribution is -2.47. The average molecular weight is 569 g/mol. The van der Waals surface area contributed by atoms with Gasteiger partial charge in [0.25, 0.3) is 5.91 Å². The topological polar surface area (TPSA) is 89.4 Å². The van der Waals surface area contributed by atoms with Crippen LogP contribution in [0.15, 0.2) is 84.4 Å². The number of nitrogens with zero attached hydrogens (tertiary/aromatic N) is 1. The van der Waals surface area contributed by atoms with Gasteiger partial charge in [0.1, 0.15) is 11.5 Å². The number of carbonyl (C=O) groups is 1. The second kappa shape index (κ2) is 13.0. The van der Waals surface area contributed by atoms with Crippen LogP contribution in [0.25, 0.3) is 0 Å². The molecule has 1 amide bonds. The van der Waals surface area contributed by atoms with Crippen molar-refractivity contribution in [3.8, 4) is 11.5 Å². The fourth-order valence-electron chi connectivity index (χ4n) is 4.31. The highest BCUT2D eigenvalue weighted by Gasteiger charge is 2.53. The van der Waals surface area contributed by atoms with Crippen LogP contribution in [0.2, 0.25) is 10.0 Å². The van der Waals surface area contributed by atoms with Gasteiger partial charge in [0.05, 0.1) is 13.7 Å². The van der Waals surface area contributed by atoms with Crippen molar-refractivity contribution in [3.05, 3.63) is 106 Å². The van der Waals surface area contributed by atoms with Crippen molar-refractivity contribution < 1.29 is 24.1 Å². The van der Waals surface area contributed by atoms with Gasteiger partial charge in [-0.05, 0) is 54.1 Å². The number of amides is 1. The number of ether oxygens (including phenoxy) is 3. The van der Waals surface area contributed by atoms with Gasteiger partial charge in [-0.1, -0.05) is 47.5 Å². The van der Waals surface area contributed by atoms with Gasteiger partial charge in [-0.25, -0.2) is 4.99 Å². The van der Waals surface area contributed by atoms with Crippen molar-refractivity contribution in [2.24, 2.45) is 4.99 Å². The van der Waals surface area contributed by atoms with E-state index in [0.717, 1.165) is 11.3 Å². The zero-order chi connectivity index (χ0) is 27.8. The molecule has 0 aliphatic carbocycles. The molecule has 1 aliphatic heterocycles. The Balaban J connectivity index is 1.67. The molecule has 2 atom stereocenters. The molecule has 3 aromatic rings. The molecular formula is C30H30Cl2N2O5. The van der Waals surface area contributed by atoms with Crippen molar-refractivity contribution >= 4 is 35.0 Å². The number of aliphatic hydroxyl groups is 1. The first-order valence-electron chi connectivity index (χ1n) is 12.5. The fraction of sp³-hybridized carbons (Fsp3) is 0.267. The summed E-state index contributed by atoms with van der Waals surface area (Å²) in [6.45, 7) is 4.64. The Kier molecular flexibility index (Phi) is 9.51. The maximum Gasteiger partial charge on any atom is 0.252 e. The van der Waals surface area contributed by atoms with Crippen molar-refractivity contribution in [3.63, 3.8) is 0 Å². The van der Waals surface area contributed by atoms with E-state index in [9.17, 15) is 4.79 Å². The molecule has 0 saturated heterocycles. The van der Waals surface area contributed by atoms with E-state index in [0.29, 0.717) is 45.8 Å². The number of benzene rings is 3. The quantitative estimate of drug-likeness (QED) is 0.209.